The van der Waals surface area contributed by atoms with Gasteiger partial charge < -0.3 is 10.2 Å². The molecular formula is C8H10F2N2O3. The molecular weight excluding hydrogens is 210 g/mol. The molecule has 5 nitrogen and oxygen atoms in total. The van der Waals surface area contributed by atoms with Gasteiger partial charge in [-0.15, -0.1) is 0 Å². The maximum atomic E-state index is 12.8. The van der Waals surface area contributed by atoms with E-state index in [-0.39, 0.29) is 5.69 Å². The van der Waals surface area contributed by atoms with Gasteiger partial charge in [0.05, 0.1) is 5.69 Å². The van der Waals surface area contributed by atoms with Crippen molar-refractivity contribution in [1.82, 2.24) is 9.78 Å². The Labute approximate surface area is 83.9 Å². The van der Waals surface area contributed by atoms with Gasteiger partial charge in [0.1, 0.15) is 0 Å². The van der Waals surface area contributed by atoms with Crippen LogP contribution in [0.3, 0.4) is 0 Å². The number of rotatable bonds is 4. The van der Waals surface area contributed by atoms with Crippen LogP contribution in [0.15, 0.2) is 12.3 Å². The first-order chi connectivity index (χ1) is 6.89. The van der Waals surface area contributed by atoms with E-state index in [2.05, 4.69) is 5.10 Å². The number of aliphatic carboxylic acids is 1. The number of carboxylic acids is 1. The minimum atomic E-state index is -4.23. The monoisotopic (exact) mass is 220 g/mol. The molecule has 0 aliphatic carbocycles. The van der Waals surface area contributed by atoms with Gasteiger partial charge in [-0.1, -0.05) is 0 Å². The second kappa shape index (κ2) is 3.93. The number of halogens is 2. The molecule has 1 aromatic rings. The normalized spacial score (nSPS) is 13.9. The molecule has 0 radical (unpaired) electrons. The van der Waals surface area contributed by atoms with E-state index in [1.165, 1.54) is 10.9 Å². The van der Waals surface area contributed by atoms with Crippen LogP contribution in [0.25, 0.3) is 0 Å². The van der Waals surface area contributed by atoms with Gasteiger partial charge in [-0.05, 0) is 13.0 Å². The molecule has 0 amide bonds. The van der Waals surface area contributed by atoms with Crippen molar-refractivity contribution < 1.29 is 23.8 Å². The fourth-order valence-electron chi connectivity index (χ4n) is 1.00. The first-order valence-electron chi connectivity index (χ1n) is 4.22. The maximum Gasteiger partial charge on any atom is 0.377 e. The minimum absolute atomic E-state index is 0.357. The number of aliphatic hydroxyl groups is 1. The number of aryl methyl sites for hydroxylation is 1. The summed E-state index contributed by atoms with van der Waals surface area (Å²) in [4.78, 5) is 10.2. The zero-order chi connectivity index (χ0) is 11.6. The zero-order valence-corrected chi connectivity index (χ0v) is 7.89. The highest BCUT2D eigenvalue weighted by Crippen LogP contribution is 2.30. The average molecular weight is 220 g/mol. The molecule has 1 unspecified atom stereocenters. The molecule has 7 heteroatoms. The Morgan fingerprint density at radius 1 is 1.73 bits per heavy atom. The van der Waals surface area contributed by atoms with Gasteiger partial charge in [-0.25, -0.2) is 4.79 Å². The Hall–Kier alpha value is -1.50. The van der Waals surface area contributed by atoms with Crippen LogP contribution in [0.4, 0.5) is 8.78 Å². The van der Waals surface area contributed by atoms with Crippen molar-refractivity contribution in [2.75, 3.05) is 0 Å². The first-order valence-corrected chi connectivity index (χ1v) is 4.22. The van der Waals surface area contributed by atoms with Crippen LogP contribution < -0.4 is 0 Å². The highest BCUT2D eigenvalue weighted by Gasteiger charge is 2.48. The summed E-state index contributed by atoms with van der Waals surface area (Å²) in [5.41, 5.74) is -0.357. The predicted octanol–water partition coefficient (Wildman–Crippen LogP) is 0.656. The summed E-state index contributed by atoms with van der Waals surface area (Å²) in [6, 6.07) is 1.16. The number of carboxylic acid groups (broad SMARTS) is 1. The molecule has 0 spiro atoms. The van der Waals surface area contributed by atoms with Crippen LogP contribution >= 0.6 is 0 Å². The second-order valence-corrected chi connectivity index (χ2v) is 2.93. The number of hydrogen-bond acceptors (Lipinski definition) is 3. The van der Waals surface area contributed by atoms with Crippen LogP contribution in [0.5, 0.6) is 0 Å². The first kappa shape index (κ1) is 11.6. The van der Waals surface area contributed by atoms with Crippen molar-refractivity contribution in [1.29, 1.82) is 0 Å². The Balaban J connectivity index is 2.93. The second-order valence-electron chi connectivity index (χ2n) is 2.93. The van der Waals surface area contributed by atoms with Gasteiger partial charge >= 0.3 is 11.9 Å². The van der Waals surface area contributed by atoms with Gasteiger partial charge in [0, 0.05) is 12.7 Å². The van der Waals surface area contributed by atoms with Crippen LogP contribution in [0.2, 0.25) is 0 Å². The number of nitrogens with zero attached hydrogens (tertiary/aromatic N) is 2. The third kappa shape index (κ3) is 2.12. The molecule has 0 aliphatic heterocycles. The van der Waals surface area contributed by atoms with Gasteiger partial charge in [0.15, 0.2) is 6.10 Å². The van der Waals surface area contributed by atoms with Gasteiger partial charge in [-0.2, -0.15) is 13.9 Å². The lowest BCUT2D eigenvalue weighted by atomic mass is 10.1. The molecule has 84 valence electrons. The lowest BCUT2D eigenvalue weighted by Gasteiger charge is -2.15. The topological polar surface area (TPSA) is 75.4 Å². The predicted molar refractivity (Wildman–Crippen MR) is 45.4 cm³/mol. The van der Waals surface area contributed by atoms with E-state index in [4.69, 9.17) is 10.2 Å². The van der Waals surface area contributed by atoms with Crippen molar-refractivity contribution in [2.45, 2.75) is 25.5 Å². The van der Waals surface area contributed by atoms with E-state index in [0.29, 0.717) is 6.54 Å². The third-order valence-corrected chi connectivity index (χ3v) is 1.89. The van der Waals surface area contributed by atoms with Gasteiger partial charge in [0.25, 0.3) is 0 Å². The number of aromatic nitrogens is 2. The van der Waals surface area contributed by atoms with E-state index in [9.17, 15) is 13.6 Å². The van der Waals surface area contributed by atoms with Crippen molar-refractivity contribution in [2.24, 2.45) is 0 Å². The molecule has 1 atom stereocenters. The molecule has 0 bridgehead atoms. The summed E-state index contributed by atoms with van der Waals surface area (Å²) in [6.07, 6.45) is -1.04. The maximum absolute atomic E-state index is 12.8. The molecule has 1 rings (SSSR count). The van der Waals surface area contributed by atoms with Crippen LogP contribution in [-0.4, -0.2) is 31.9 Å². The standard InChI is InChI=1S/C8H10F2N2O3/c1-2-12-4-3-5(11-12)6(13)8(9,10)7(14)15/h3-4,6,13H,2H2,1H3,(H,14,15). The molecule has 0 saturated carbocycles. The summed E-state index contributed by atoms with van der Waals surface area (Å²) in [5, 5.41) is 20.9. The summed E-state index contributed by atoms with van der Waals surface area (Å²) in [6.45, 7) is 2.18. The largest absolute Gasteiger partial charge is 0.477 e. The lowest BCUT2D eigenvalue weighted by Crippen LogP contribution is -2.35. The number of hydrogen-bond donors (Lipinski definition) is 2. The third-order valence-electron chi connectivity index (χ3n) is 1.89. The molecule has 0 saturated heterocycles. The Morgan fingerprint density at radius 3 is 2.73 bits per heavy atom. The van der Waals surface area contributed by atoms with Crippen molar-refractivity contribution in [3.63, 3.8) is 0 Å². The van der Waals surface area contributed by atoms with E-state index < -0.39 is 18.0 Å². The number of alkyl halides is 2. The quantitative estimate of drug-likeness (QED) is 0.781. The van der Waals surface area contributed by atoms with Crippen molar-refractivity contribution in [3.8, 4) is 0 Å². The summed E-state index contributed by atoms with van der Waals surface area (Å²) in [7, 11) is 0. The van der Waals surface area contributed by atoms with Gasteiger partial charge in [0.2, 0.25) is 0 Å². The summed E-state index contributed by atoms with van der Waals surface area (Å²) >= 11 is 0. The van der Waals surface area contributed by atoms with Crippen LogP contribution in [-0.2, 0) is 11.3 Å². The summed E-state index contributed by atoms with van der Waals surface area (Å²) < 4.78 is 27.0. The lowest BCUT2D eigenvalue weighted by molar-refractivity contribution is -0.183. The fraction of sp³-hybridized carbons (Fsp3) is 0.500. The Morgan fingerprint density at radius 2 is 2.33 bits per heavy atom. The number of aliphatic hydroxyl groups excluding tert-OH is 1. The molecule has 0 aromatic carbocycles. The van der Waals surface area contributed by atoms with E-state index in [0.717, 1.165) is 6.07 Å². The van der Waals surface area contributed by atoms with Crippen LogP contribution in [0, 0.1) is 0 Å². The number of carbonyl (C=O) groups is 1. The molecule has 0 fully saturated rings. The highest BCUT2D eigenvalue weighted by atomic mass is 19.3. The Bertz CT molecular complexity index is 365. The van der Waals surface area contributed by atoms with E-state index >= 15 is 0 Å². The molecule has 1 heterocycles. The van der Waals surface area contributed by atoms with E-state index in [1.807, 2.05) is 0 Å². The minimum Gasteiger partial charge on any atom is -0.477 e. The van der Waals surface area contributed by atoms with Crippen molar-refractivity contribution in [3.05, 3.63) is 18.0 Å². The molecule has 0 aliphatic rings. The van der Waals surface area contributed by atoms with E-state index in [1.54, 1.807) is 6.92 Å². The molecule has 1 aromatic heterocycles. The fourth-order valence-corrected chi connectivity index (χ4v) is 1.00. The van der Waals surface area contributed by atoms with Crippen LogP contribution in [0.1, 0.15) is 18.7 Å². The van der Waals surface area contributed by atoms with Crippen molar-refractivity contribution >= 4 is 5.97 Å². The van der Waals surface area contributed by atoms with Gasteiger partial charge in [-0.3, -0.25) is 4.68 Å². The average Bonchev–Trinajstić information content (AvgIpc) is 2.64. The molecule has 15 heavy (non-hydrogen) atoms. The molecule has 2 N–H and O–H groups in total. The Kier molecular flexibility index (Phi) is 3.04. The summed E-state index contributed by atoms with van der Waals surface area (Å²) in [5.74, 6) is -6.60. The highest BCUT2D eigenvalue weighted by molar-refractivity contribution is 5.76. The SMILES string of the molecule is CCn1ccc(C(O)C(F)(F)C(=O)O)n1. The zero-order valence-electron chi connectivity index (χ0n) is 7.89. The smallest absolute Gasteiger partial charge is 0.377 e.